The van der Waals surface area contributed by atoms with E-state index in [9.17, 15) is 4.79 Å². The lowest BCUT2D eigenvalue weighted by Gasteiger charge is -2.36. The predicted molar refractivity (Wildman–Crippen MR) is 138 cm³/mol. The molecule has 35 heavy (non-hydrogen) atoms. The lowest BCUT2D eigenvalue weighted by Crippen LogP contribution is -2.47. The summed E-state index contributed by atoms with van der Waals surface area (Å²) in [4.78, 5) is 31.8. The van der Waals surface area contributed by atoms with E-state index in [4.69, 9.17) is 10.8 Å². The van der Waals surface area contributed by atoms with Crippen LogP contribution in [0.4, 0.5) is 11.5 Å². The van der Waals surface area contributed by atoms with Crippen molar-refractivity contribution in [3.8, 4) is 0 Å². The molecule has 0 saturated carbocycles. The number of nitrogens with zero attached hydrogens (tertiary/aromatic N) is 9. The topological polar surface area (TPSA) is 105 Å². The van der Waals surface area contributed by atoms with Gasteiger partial charge in [-0.3, -0.25) is 19.5 Å². The molecule has 3 aromatic heterocycles. The van der Waals surface area contributed by atoms with Gasteiger partial charge >= 0.3 is 5.69 Å². The van der Waals surface area contributed by atoms with Crippen LogP contribution in [0.3, 0.4) is 0 Å². The summed E-state index contributed by atoms with van der Waals surface area (Å²) in [7, 11) is 1.75. The van der Waals surface area contributed by atoms with Crippen LogP contribution in [0.25, 0.3) is 5.78 Å². The maximum absolute atomic E-state index is 13.2. The van der Waals surface area contributed by atoms with Gasteiger partial charge in [0, 0.05) is 63.6 Å². The van der Waals surface area contributed by atoms with Gasteiger partial charge in [0.2, 0.25) is 5.78 Å². The van der Waals surface area contributed by atoms with Crippen molar-refractivity contribution in [2.45, 2.75) is 13.5 Å². The number of benzene rings is 1. The highest BCUT2D eigenvalue weighted by molar-refractivity contribution is 7.11. The average molecular weight is 493 g/mol. The smallest absolute Gasteiger partial charge is 0.345 e. The summed E-state index contributed by atoms with van der Waals surface area (Å²) < 4.78 is 5.13. The fourth-order valence-electron chi connectivity index (χ4n) is 4.82. The number of fused-ring (bicyclic) bond motifs is 3. The van der Waals surface area contributed by atoms with Gasteiger partial charge in [-0.1, -0.05) is 17.7 Å². The van der Waals surface area contributed by atoms with Crippen LogP contribution < -0.4 is 21.4 Å². The number of aliphatic imine (C=N–C) groups is 1. The average Bonchev–Trinajstić information content (AvgIpc) is 3.58. The van der Waals surface area contributed by atoms with E-state index in [1.807, 2.05) is 9.90 Å². The van der Waals surface area contributed by atoms with Crippen molar-refractivity contribution in [3.05, 3.63) is 62.6 Å². The lowest BCUT2D eigenvalue weighted by atomic mass is 10.2. The molecule has 182 valence electrons. The quantitative estimate of drug-likeness (QED) is 0.413. The Bertz CT molecular complexity index is 1440. The highest BCUT2D eigenvalue weighted by Gasteiger charge is 2.31. The second-order valence-corrected chi connectivity index (χ2v) is 9.87. The molecule has 0 aliphatic carbocycles. The summed E-state index contributed by atoms with van der Waals surface area (Å²) >= 11 is 1.50. The standard InChI is InChI=1S/C23H28N10OS/c1-16-3-5-17(6-4-16)30-11-8-29(9-12-30)10-13-31-22-27-20-19(33(22)28(2)23(31)34)18(26-15-32(20)24)21-25-7-14-35-21/h3-7,14H,8-13,15,24H2,1-2H3. The van der Waals surface area contributed by atoms with Gasteiger partial charge in [-0.25, -0.2) is 24.8 Å². The predicted octanol–water partition coefficient (Wildman–Crippen LogP) is 0.910. The van der Waals surface area contributed by atoms with Crippen LogP contribution in [0.15, 0.2) is 45.6 Å². The summed E-state index contributed by atoms with van der Waals surface area (Å²) in [5, 5.41) is 4.21. The van der Waals surface area contributed by atoms with Crippen LogP contribution in [0, 0.1) is 6.92 Å². The van der Waals surface area contributed by atoms with Crippen LogP contribution >= 0.6 is 11.3 Å². The van der Waals surface area contributed by atoms with Gasteiger partial charge in [-0.05, 0) is 19.1 Å². The highest BCUT2D eigenvalue weighted by atomic mass is 32.1. The molecule has 1 fully saturated rings. The Morgan fingerprint density at radius 2 is 1.86 bits per heavy atom. The normalized spacial score (nSPS) is 16.7. The molecule has 2 aliphatic rings. The molecular weight excluding hydrogens is 464 g/mol. The second kappa shape index (κ2) is 8.63. The van der Waals surface area contributed by atoms with Crippen molar-refractivity contribution >= 4 is 34.3 Å². The maximum Gasteiger partial charge on any atom is 0.345 e. The van der Waals surface area contributed by atoms with Crippen molar-refractivity contribution in [2.24, 2.45) is 17.9 Å². The minimum atomic E-state index is -0.110. The molecule has 11 nitrogen and oxygen atoms in total. The third kappa shape index (κ3) is 3.74. The number of hydrazine groups is 1. The second-order valence-electron chi connectivity index (χ2n) is 8.97. The zero-order valence-corrected chi connectivity index (χ0v) is 20.6. The molecule has 2 aliphatic heterocycles. The number of aryl methyl sites for hydroxylation is 2. The van der Waals surface area contributed by atoms with Gasteiger partial charge in [-0.2, -0.15) is 4.98 Å². The molecular formula is C23H28N10OS. The lowest BCUT2D eigenvalue weighted by molar-refractivity contribution is 0.248. The first-order chi connectivity index (χ1) is 17.0. The number of piperazine rings is 1. The third-order valence-electron chi connectivity index (χ3n) is 6.79. The third-order valence-corrected chi connectivity index (χ3v) is 7.57. The van der Waals surface area contributed by atoms with E-state index in [1.165, 1.54) is 27.6 Å². The largest absolute Gasteiger partial charge is 0.369 e. The van der Waals surface area contributed by atoms with Crippen molar-refractivity contribution in [2.75, 3.05) is 49.3 Å². The van der Waals surface area contributed by atoms with Crippen LogP contribution in [-0.2, 0) is 13.6 Å². The first-order valence-electron chi connectivity index (χ1n) is 11.7. The van der Waals surface area contributed by atoms with Crippen molar-refractivity contribution in [3.63, 3.8) is 0 Å². The first kappa shape index (κ1) is 22.0. The number of imidazole rings is 1. The van der Waals surface area contributed by atoms with Gasteiger partial charge in [0.05, 0.1) is 0 Å². The summed E-state index contributed by atoms with van der Waals surface area (Å²) in [5.74, 6) is 7.39. The van der Waals surface area contributed by atoms with E-state index in [1.54, 1.807) is 22.5 Å². The molecule has 1 aromatic carbocycles. The van der Waals surface area contributed by atoms with Crippen LogP contribution in [0.5, 0.6) is 0 Å². The number of aromatic nitrogens is 5. The van der Waals surface area contributed by atoms with E-state index in [-0.39, 0.29) is 5.69 Å². The molecule has 0 bridgehead atoms. The van der Waals surface area contributed by atoms with E-state index in [2.05, 4.69) is 51.0 Å². The minimum Gasteiger partial charge on any atom is -0.369 e. The van der Waals surface area contributed by atoms with Gasteiger partial charge in [-0.15, -0.1) is 11.3 Å². The maximum atomic E-state index is 13.2. The number of thiazole rings is 1. The summed E-state index contributed by atoms with van der Waals surface area (Å²) in [6.07, 6.45) is 1.75. The van der Waals surface area contributed by atoms with Crippen LogP contribution in [0.1, 0.15) is 16.3 Å². The molecule has 2 N–H and O–H groups in total. The molecule has 0 spiro atoms. The highest BCUT2D eigenvalue weighted by Crippen LogP contribution is 2.27. The van der Waals surface area contributed by atoms with E-state index in [0.29, 0.717) is 36.2 Å². The zero-order chi connectivity index (χ0) is 24.1. The molecule has 0 atom stereocenters. The SMILES string of the molecule is Cc1ccc(N2CCN(CCn3c(=O)n(C)n4c5c(nc34)N(N)CN=C5c3nccs3)CC2)cc1. The summed E-state index contributed by atoms with van der Waals surface area (Å²) in [6, 6.07) is 8.70. The van der Waals surface area contributed by atoms with Gasteiger partial charge in [0.1, 0.15) is 23.1 Å². The van der Waals surface area contributed by atoms with Crippen LogP contribution in [-0.4, -0.2) is 73.7 Å². The zero-order valence-electron chi connectivity index (χ0n) is 19.8. The molecule has 0 unspecified atom stereocenters. The Balaban J connectivity index is 1.23. The fourth-order valence-corrected chi connectivity index (χ4v) is 5.47. The number of anilines is 2. The van der Waals surface area contributed by atoms with E-state index in [0.717, 1.165) is 37.7 Å². The van der Waals surface area contributed by atoms with Crippen molar-refractivity contribution in [1.82, 2.24) is 28.6 Å². The van der Waals surface area contributed by atoms with Gasteiger partial charge < -0.3 is 4.90 Å². The number of hydrogen-bond donors (Lipinski definition) is 1. The summed E-state index contributed by atoms with van der Waals surface area (Å²) in [6.45, 7) is 7.57. The Morgan fingerprint density at radius 3 is 2.57 bits per heavy atom. The number of rotatable bonds is 5. The van der Waals surface area contributed by atoms with Crippen molar-refractivity contribution in [1.29, 1.82) is 0 Å². The minimum absolute atomic E-state index is 0.110. The monoisotopic (exact) mass is 492 g/mol. The molecule has 1 saturated heterocycles. The Morgan fingerprint density at radius 1 is 1.09 bits per heavy atom. The summed E-state index contributed by atoms with van der Waals surface area (Å²) in [5.41, 5.74) is 3.85. The van der Waals surface area contributed by atoms with Gasteiger partial charge in [0.25, 0.3) is 0 Å². The number of hydrogen-bond acceptors (Lipinski definition) is 9. The Kier molecular flexibility index (Phi) is 5.43. The molecule has 12 heteroatoms. The Hall–Kier alpha value is -3.48. The van der Waals surface area contributed by atoms with Crippen LogP contribution in [0.2, 0.25) is 0 Å². The molecule has 6 rings (SSSR count). The number of nitrogens with two attached hydrogens (primary N) is 1. The molecule has 5 heterocycles. The first-order valence-corrected chi connectivity index (χ1v) is 12.6. The van der Waals surface area contributed by atoms with Gasteiger partial charge in [0.15, 0.2) is 5.82 Å². The van der Waals surface area contributed by atoms with E-state index >= 15 is 0 Å². The molecule has 0 radical (unpaired) electrons. The van der Waals surface area contributed by atoms with E-state index < -0.39 is 0 Å². The molecule has 4 aromatic rings. The molecule has 0 amide bonds. The van der Waals surface area contributed by atoms with Crippen molar-refractivity contribution < 1.29 is 0 Å². The fraction of sp³-hybridized carbons (Fsp3) is 0.391. The Labute approximate surface area is 206 Å².